The quantitative estimate of drug-likeness (QED) is 0.382. The highest BCUT2D eigenvalue weighted by atomic mass is 32.2. The van der Waals surface area contributed by atoms with Crippen LogP contribution in [0.5, 0.6) is 5.75 Å². The number of alkyl halides is 9. The SMILES string of the molecule is CC(CN1C(=O)S/C(=C/c2ccc(O)c(C(F)(F)F)c2)C1=O)(CC(F)(F)F)CC(F)(F)F. The normalized spacial score (nSPS) is 17.6. The maximum Gasteiger partial charge on any atom is 0.419 e. The smallest absolute Gasteiger partial charge is 0.419 e. The van der Waals surface area contributed by atoms with Crippen molar-refractivity contribution < 1.29 is 54.2 Å². The van der Waals surface area contributed by atoms with Gasteiger partial charge in [-0.15, -0.1) is 0 Å². The monoisotopic (exact) mass is 495 g/mol. The predicted octanol–water partition coefficient (Wildman–Crippen LogP) is 6.36. The van der Waals surface area contributed by atoms with Gasteiger partial charge in [0.2, 0.25) is 0 Å². The molecule has 1 saturated heterocycles. The van der Waals surface area contributed by atoms with E-state index < -0.39 is 70.7 Å². The highest BCUT2D eigenvalue weighted by Gasteiger charge is 2.49. The van der Waals surface area contributed by atoms with Gasteiger partial charge in [0.1, 0.15) is 5.75 Å². The molecule has 0 radical (unpaired) electrons. The first-order chi connectivity index (χ1) is 14.3. The molecule has 0 bridgehead atoms. The number of amides is 2. The highest BCUT2D eigenvalue weighted by Crippen LogP contribution is 2.44. The molecule has 1 heterocycles. The first kappa shape index (κ1) is 25.9. The molecule has 1 aromatic carbocycles. The van der Waals surface area contributed by atoms with Crippen molar-refractivity contribution in [3.63, 3.8) is 0 Å². The number of imide groups is 1. The Morgan fingerprint density at radius 3 is 1.97 bits per heavy atom. The summed E-state index contributed by atoms with van der Waals surface area (Å²) in [6.07, 6.45) is -18.0. The minimum atomic E-state index is -5.02. The number of carbonyl (C=O) groups excluding carboxylic acids is 2. The van der Waals surface area contributed by atoms with Crippen LogP contribution in [0.1, 0.15) is 30.9 Å². The van der Waals surface area contributed by atoms with Gasteiger partial charge < -0.3 is 5.11 Å². The lowest BCUT2D eigenvalue weighted by Gasteiger charge is -2.34. The molecule has 178 valence electrons. The number of halogens is 9. The topological polar surface area (TPSA) is 57.6 Å². The Kier molecular flexibility index (Phi) is 6.89. The molecule has 1 aliphatic heterocycles. The molecule has 32 heavy (non-hydrogen) atoms. The first-order valence-electron chi connectivity index (χ1n) is 8.59. The van der Waals surface area contributed by atoms with Crippen LogP contribution in [0, 0.1) is 5.41 Å². The number of phenolic OH excluding ortho intramolecular Hbond substituents is 1. The number of benzene rings is 1. The van der Waals surface area contributed by atoms with Gasteiger partial charge in [-0.2, -0.15) is 39.5 Å². The van der Waals surface area contributed by atoms with E-state index in [1.54, 1.807) is 0 Å². The lowest BCUT2D eigenvalue weighted by molar-refractivity contribution is -0.194. The van der Waals surface area contributed by atoms with E-state index in [1.165, 1.54) is 0 Å². The number of aromatic hydroxyl groups is 1. The van der Waals surface area contributed by atoms with Gasteiger partial charge in [0.05, 0.1) is 23.3 Å². The zero-order valence-electron chi connectivity index (χ0n) is 16.0. The number of hydrogen-bond acceptors (Lipinski definition) is 4. The van der Waals surface area contributed by atoms with E-state index in [9.17, 15) is 54.2 Å². The Labute approximate surface area is 179 Å². The minimum Gasteiger partial charge on any atom is -0.507 e. The fourth-order valence-corrected chi connectivity index (χ4v) is 4.02. The molecule has 0 aromatic heterocycles. The van der Waals surface area contributed by atoms with Gasteiger partial charge in [0.25, 0.3) is 11.1 Å². The second kappa shape index (κ2) is 8.52. The van der Waals surface area contributed by atoms with Crippen LogP contribution in [0.25, 0.3) is 6.08 Å². The van der Waals surface area contributed by atoms with Crippen molar-refractivity contribution in [1.82, 2.24) is 4.90 Å². The largest absolute Gasteiger partial charge is 0.507 e. The third kappa shape index (κ3) is 6.81. The molecule has 1 N–H and O–H groups in total. The molecule has 2 amide bonds. The zero-order chi connectivity index (χ0) is 24.7. The van der Waals surface area contributed by atoms with Gasteiger partial charge >= 0.3 is 18.5 Å². The van der Waals surface area contributed by atoms with Crippen LogP contribution < -0.4 is 0 Å². The maximum absolute atomic E-state index is 12.9. The molecule has 1 aromatic rings. The zero-order valence-corrected chi connectivity index (χ0v) is 16.8. The number of thioether (sulfide) groups is 1. The van der Waals surface area contributed by atoms with Gasteiger partial charge in [-0.05, 0) is 35.5 Å². The summed E-state index contributed by atoms with van der Waals surface area (Å²) in [5, 5.41) is 8.16. The third-order valence-electron chi connectivity index (χ3n) is 4.29. The van der Waals surface area contributed by atoms with Crippen LogP contribution in [0.15, 0.2) is 23.1 Å². The number of hydrogen-bond donors (Lipinski definition) is 1. The predicted molar refractivity (Wildman–Crippen MR) is 95.2 cm³/mol. The number of rotatable bonds is 5. The van der Waals surface area contributed by atoms with Crippen molar-refractivity contribution in [2.45, 2.75) is 38.3 Å². The van der Waals surface area contributed by atoms with E-state index >= 15 is 0 Å². The van der Waals surface area contributed by atoms with E-state index in [4.69, 9.17) is 0 Å². The third-order valence-corrected chi connectivity index (χ3v) is 5.20. The van der Waals surface area contributed by atoms with E-state index in [2.05, 4.69) is 0 Å². The van der Waals surface area contributed by atoms with Crippen LogP contribution in [-0.2, 0) is 11.0 Å². The standard InChI is InChI=1S/C18H14F9NO3S/c1-15(6-16(19,20)21,7-17(22,23)24)8-28-13(30)12(32-14(28)31)5-9-2-3-11(29)10(4-9)18(25,26)27/h2-5,29H,6-8H2,1H3/b12-5+. The summed E-state index contributed by atoms with van der Waals surface area (Å²) < 4.78 is 116. The van der Waals surface area contributed by atoms with Gasteiger partial charge in [-0.1, -0.05) is 13.0 Å². The summed E-state index contributed by atoms with van der Waals surface area (Å²) in [7, 11) is 0. The van der Waals surface area contributed by atoms with Crippen molar-refractivity contribution in [3.05, 3.63) is 34.2 Å². The summed E-state index contributed by atoms with van der Waals surface area (Å²) in [5.74, 6) is -2.34. The summed E-state index contributed by atoms with van der Waals surface area (Å²) in [4.78, 5) is 24.3. The average Bonchev–Trinajstić information content (AvgIpc) is 2.79. The molecular formula is C18H14F9NO3S. The number of carbonyl (C=O) groups is 2. The Hall–Kier alpha value is -2.38. The molecule has 1 fully saturated rings. The molecule has 14 heteroatoms. The fourth-order valence-electron chi connectivity index (χ4n) is 3.18. The van der Waals surface area contributed by atoms with Crippen LogP contribution >= 0.6 is 11.8 Å². The van der Waals surface area contributed by atoms with Crippen molar-refractivity contribution >= 4 is 29.0 Å². The molecule has 1 aliphatic rings. The number of nitrogens with zero attached hydrogens (tertiary/aromatic N) is 1. The van der Waals surface area contributed by atoms with Crippen molar-refractivity contribution in [2.24, 2.45) is 5.41 Å². The van der Waals surface area contributed by atoms with Crippen LogP contribution in [0.4, 0.5) is 44.3 Å². The molecule has 2 rings (SSSR count). The molecule has 4 nitrogen and oxygen atoms in total. The summed E-state index contributed by atoms with van der Waals surface area (Å²) in [5.41, 5.74) is -4.28. The lowest BCUT2D eigenvalue weighted by atomic mass is 9.82. The lowest BCUT2D eigenvalue weighted by Crippen LogP contribution is -2.43. The van der Waals surface area contributed by atoms with Crippen LogP contribution in [0.3, 0.4) is 0 Å². The highest BCUT2D eigenvalue weighted by molar-refractivity contribution is 8.18. The van der Waals surface area contributed by atoms with Crippen molar-refractivity contribution in [2.75, 3.05) is 6.54 Å². The first-order valence-corrected chi connectivity index (χ1v) is 9.40. The summed E-state index contributed by atoms with van der Waals surface area (Å²) in [6, 6.07) is 2.14. The van der Waals surface area contributed by atoms with E-state index in [1.807, 2.05) is 0 Å². The van der Waals surface area contributed by atoms with E-state index in [0.717, 1.165) is 12.1 Å². The average molecular weight is 495 g/mol. The second-order valence-electron chi connectivity index (χ2n) is 7.44. The van der Waals surface area contributed by atoms with Crippen LogP contribution in [-0.4, -0.2) is 40.1 Å². The fraction of sp³-hybridized carbons (Fsp3) is 0.444. The van der Waals surface area contributed by atoms with E-state index in [-0.39, 0.29) is 22.2 Å². The summed E-state index contributed by atoms with van der Waals surface area (Å²) in [6.45, 7) is -0.562. The van der Waals surface area contributed by atoms with Gasteiger partial charge in [-0.25, -0.2) is 0 Å². The Bertz CT molecular complexity index is 919. The Morgan fingerprint density at radius 2 is 1.50 bits per heavy atom. The minimum absolute atomic E-state index is 0.163. The molecular weight excluding hydrogens is 481 g/mol. The molecule has 0 saturated carbocycles. The van der Waals surface area contributed by atoms with Crippen molar-refractivity contribution in [1.29, 1.82) is 0 Å². The van der Waals surface area contributed by atoms with Gasteiger partial charge in [0.15, 0.2) is 0 Å². The van der Waals surface area contributed by atoms with Gasteiger partial charge in [-0.3, -0.25) is 14.5 Å². The Morgan fingerprint density at radius 1 is 0.969 bits per heavy atom. The van der Waals surface area contributed by atoms with Gasteiger partial charge in [0, 0.05) is 12.0 Å². The van der Waals surface area contributed by atoms with E-state index in [0.29, 0.717) is 19.1 Å². The van der Waals surface area contributed by atoms with Crippen LogP contribution in [0.2, 0.25) is 0 Å². The van der Waals surface area contributed by atoms with Crippen molar-refractivity contribution in [3.8, 4) is 5.75 Å². The molecule has 0 atom stereocenters. The Balaban J connectivity index is 2.34. The second-order valence-corrected chi connectivity index (χ2v) is 8.43. The number of phenols is 1. The summed E-state index contributed by atoms with van der Waals surface area (Å²) >= 11 is 0.163. The maximum atomic E-state index is 12.9. The molecule has 0 unspecified atom stereocenters. The molecule has 0 aliphatic carbocycles. The molecule has 0 spiro atoms.